The SMILES string of the molecule is O=[N+]([O-])c1cnc(C(F)(F)F)cc1NCC1=CCNCC1. The first-order valence-electron chi connectivity index (χ1n) is 6.22. The van der Waals surface area contributed by atoms with E-state index in [2.05, 4.69) is 15.6 Å². The molecule has 0 unspecified atom stereocenters. The van der Waals surface area contributed by atoms with Crippen LogP contribution in [0.15, 0.2) is 23.9 Å². The van der Waals surface area contributed by atoms with Gasteiger partial charge in [-0.1, -0.05) is 11.6 Å². The van der Waals surface area contributed by atoms with Gasteiger partial charge in [-0.3, -0.25) is 10.1 Å². The van der Waals surface area contributed by atoms with Crippen LogP contribution in [-0.4, -0.2) is 29.5 Å². The third-order valence-corrected chi connectivity index (χ3v) is 3.03. The Kier molecular flexibility index (Phi) is 4.41. The van der Waals surface area contributed by atoms with E-state index in [1.54, 1.807) is 0 Å². The van der Waals surface area contributed by atoms with Crippen molar-refractivity contribution in [1.29, 1.82) is 0 Å². The Balaban J connectivity index is 2.22. The second-order valence-electron chi connectivity index (χ2n) is 4.51. The third-order valence-electron chi connectivity index (χ3n) is 3.03. The third kappa shape index (κ3) is 3.91. The zero-order valence-corrected chi connectivity index (χ0v) is 10.9. The van der Waals surface area contributed by atoms with Crippen molar-refractivity contribution in [2.45, 2.75) is 12.6 Å². The van der Waals surface area contributed by atoms with Gasteiger partial charge in [-0.15, -0.1) is 0 Å². The molecule has 1 aliphatic rings. The molecule has 0 amide bonds. The molecule has 0 atom stereocenters. The number of hydrogen-bond donors (Lipinski definition) is 2. The van der Waals surface area contributed by atoms with Gasteiger partial charge in [-0.25, -0.2) is 4.98 Å². The van der Waals surface area contributed by atoms with E-state index in [1.807, 2.05) is 6.08 Å². The van der Waals surface area contributed by atoms with Crippen molar-refractivity contribution < 1.29 is 18.1 Å². The van der Waals surface area contributed by atoms with Crippen molar-refractivity contribution in [3.8, 4) is 0 Å². The molecule has 21 heavy (non-hydrogen) atoms. The monoisotopic (exact) mass is 302 g/mol. The predicted molar refractivity (Wildman–Crippen MR) is 70.0 cm³/mol. The van der Waals surface area contributed by atoms with Crippen LogP contribution < -0.4 is 10.6 Å². The Morgan fingerprint density at radius 3 is 2.81 bits per heavy atom. The van der Waals surface area contributed by atoms with Gasteiger partial charge in [0.05, 0.1) is 4.92 Å². The van der Waals surface area contributed by atoms with E-state index in [4.69, 9.17) is 0 Å². The lowest BCUT2D eigenvalue weighted by atomic mass is 10.1. The smallest absolute Gasteiger partial charge is 0.376 e. The average Bonchev–Trinajstić information content (AvgIpc) is 2.45. The molecule has 0 fully saturated rings. The number of rotatable bonds is 4. The Bertz CT molecular complexity index is 572. The van der Waals surface area contributed by atoms with E-state index in [0.717, 1.165) is 18.5 Å². The lowest BCUT2D eigenvalue weighted by Gasteiger charge is -2.15. The number of aromatic nitrogens is 1. The second-order valence-corrected chi connectivity index (χ2v) is 4.51. The van der Waals surface area contributed by atoms with Crippen LogP contribution in [0.3, 0.4) is 0 Å². The normalized spacial score (nSPS) is 15.5. The number of hydrogen-bond acceptors (Lipinski definition) is 5. The Morgan fingerprint density at radius 1 is 1.48 bits per heavy atom. The van der Waals surface area contributed by atoms with Crippen LogP contribution in [0.4, 0.5) is 24.5 Å². The minimum absolute atomic E-state index is 0.179. The molecule has 1 aromatic heterocycles. The molecule has 0 spiro atoms. The minimum atomic E-state index is -4.64. The summed E-state index contributed by atoms with van der Waals surface area (Å²) in [6, 6.07) is 0.666. The van der Waals surface area contributed by atoms with E-state index >= 15 is 0 Å². The number of pyridine rings is 1. The van der Waals surface area contributed by atoms with Crippen molar-refractivity contribution in [3.05, 3.63) is 39.7 Å². The minimum Gasteiger partial charge on any atom is -0.376 e. The molecule has 0 aliphatic carbocycles. The van der Waals surface area contributed by atoms with Gasteiger partial charge in [0.2, 0.25) is 0 Å². The zero-order chi connectivity index (χ0) is 15.5. The van der Waals surface area contributed by atoms with Gasteiger partial charge in [0.15, 0.2) is 0 Å². The summed E-state index contributed by atoms with van der Waals surface area (Å²) in [5, 5.41) is 16.7. The molecule has 9 heteroatoms. The van der Waals surface area contributed by atoms with Crippen molar-refractivity contribution in [2.75, 3.05) is 25.0 Å². The molecular formula is C12H13F3N4O2. The van der Waals surface area contributed by atoms with E-state index in [9.17, 15) is 23.3 Å². The molecule has 2 rings (SSSR count). The molecule has 1 aliphatic heterocycles. The standard InChI is InChI=1S/C12H13F3N4O2/c13-12(14,15)11-5-9(10(7-18-11)19(20)21)17-6-8-1-3-16-4-2-8/h1,5,7,16H,2-4,6H2,(H,17,18). The summed E-state index contributed by atoms with van der Waals surface area (Å²) < 4.78 is 37.8. The lowest BCUT2D eigenvalue weighted by Crippen LogP contribution is -2.23. The van der Waals surface area contributed by atoms with Crippen molar-refractivity contribution in [1.82, 2.24) is 10.3 Å². The summed E-state index contributed by atoms with van der Waals surface area (Å²) in [5.74, 6) is 0. The maximum atomic E-state index is 12.6. The molecule has 6 nitrogen and oxygen atoms in total. The largest absolute Gasteiger partial charge is 0.433 e. The highest BCUT2D eigenvalue weighted by Crippen LogP contribution is 2.33. The quantitative estimate of drug-likeness (QED) is 0.507. The van der Waals surface area contributed by atoms with E-state index in [0.29, 0.717) is 18.8 Å². The number of anilines is 1. The number of nitrogens with zero attached hydrogens (tertiary/aromatic N) is 2. The van der Waals surface area contributed by atoms with Crippen molar-refractivity contribution in [2.24, 2.45) is 0 Å². The van der Waals surface area contributed by atoms with Gasteiger partial charge in [-0.05, 0) is 19.0 Å². The summed E-state index contributed by atoms with van der Waals surface area (Å²) in [6.45, 7) is 1.73. The van der Waals surface area contributed by atoms with Gasteiger partial charge in [-0.2, -0.15) is 13.2 Å². The molecule has 0 saturated carbocycles. The topological polar surface area (TPSA) is 80.1 Å². The van der Waals surface area contributed by atoms with Gasteiger partial charge >= 0.3 is 11.9 Å². The van der Waals surface area contributed by atoms with Crippen LogP contribution in [0.2, 0.25) is 0 Å². The summed E-state index contributed by atoms with van der Waals surface area (Å²) in [6.07, 6.45) is -1.35. The van der Waals surface area contributed by atoms with Gasteiger partial charge < -0.3 is 10.6 Å². The van der Waals surface area contributed by atoms with Crippen LogP contribution >= 0.6 is 0 Å². The fraction of sp³-hybridized carbons (Fsp3) is 0.417. The summed E-state index contributed by atoms with van der Waals surface area (Å²) in [7, 11) is 0. The molecule has 0 aromatic carbocycles. The first-order valence-corrected chi connectivity index (χ1v) is 6.22. The highest BCUT2D eigenvalue weighted by molar-refractivity contribution is 5.61. The fourth-order valence-electron chi connectivity index (χ4n) is 1.93. The van der Waals surface area contributed by atoms with E-state index in [-0.39, 0.29) is 12.2 Å². The molecule has 0 saturated heterocycles. The maximum absolute atomic E-state index is 12.6. The first-order chi connectivity index (χ1) is 9.88. The van der Waals surface area contributed by atoms with Crippen LogP contribution in [0, 0.1) is 10.1 Å². The van der Waals surface area contributed by atoms with E-state index in [1.165, 1.54) is 0 Å². The van der Waals surface area contributed by atoms with Gasteiger partial charge in [0.25, 0.3) is 0 Å². The predicted octanol–water partition coefficient (Wildman–Crippen LogP) is 2.34. The number of nitro groups is 1. The second kappa shape index (κ2) is 6.08. The van der Waals surface area contributed by atoms with Crippen LogP contribution in [0.25, 0.3) is 0 Å². The zero-order valence-electron chi connectivity index (χ0n) is 10.9. The molecular weight excluding hydrogens is 289 g/mol. The Hall–Kier alpha value is -2.16. The highest BCUT2D eigenvalue weighted by Gasteiger charge is 2.34. The average molecular weight is 302 g/mol. The molecule has 0 radical (unpaired) electrons. The highest BCUT2D eigenvalue weighted by atomic mass is 19.4. The summed E-state index contributed by atoms with van der Waals surface area (Å²) in [4.78, 5) is 13.2. The maximum Gasteiger partial charge on any atom is 0.433 e. The van der Waals surface area contributed by atoms with Gasteiger partial charge in [0, 0.05) is 13.1 Å². The van der Waals surface area contributed by atoms with Gasteiger partial charge in [0.1, 0.15) is 17.6 Å². The molecule has 2 N–H and O–H groups in total. The lowest BCUT2D eigenvalue weighted by molar-refractivity contribution is -0.384. The number of alkyl halides is 3. The Labute approximate surface area is 118 Å². The summed E-state index contributed by atoms with van der Waals surface area (Å²) in [5.41, 5.74) is -0.817. The fourth-order valence-corrected chi connectivity index (χ4v) is 1.93. The van der Waals surface area contributed by atoms with Crippen molar-refractivity contribution in [3.63, 3.8) is 0 Å². The molecule has 2 heterocycles. The van der Waals surface area contributed by atoms with Crippen LogP contribution in [0.5, 0.6) is 0 Å². The molecule has 0 bridgehead atoms. The summed E-state index contributed by atoms with van der Waals surface area (Å²) >= 11 is 0. The Morgan fingerprint density at radius 2 is 2.24 bits per heavy atom. The number of halogens is 3. The van der Waals surface area contributed by atoms with Crippen molar-refractivity contribution >= 4 is 11.4 Å². The first kappa shape index (κ1) is 15.2. The van der Waals surface area contributed by atoms with Crippen LogP contribution in [0.1, 0.15) is 12.1 Å². The molecule has 1 aromatic rings. The number of nitrogens with one attached hydrogen (secondary N) is 2. The van der Waals surface area contributed by atoms with Crippen LogP contribution in [-0.2, 0) is 6.18 Å². The van der Waals surface area contributed by atoms with E-state index < -0.39 is 22.5 Å². The molecule has 114 valence electrons.